The summed E-state index contributed by atoms with van der Waals surface area (Å²) >= 11 is 0. The van der Waals surface area contributed by atoms with Gasteiger partial charge in [0.05, 0.1) is 42.7 Å². The van der Waals surface area contributed by atoms with E-state index in [1.54, 1.807) is 48.0 Å². The van der Waals surface area contributed by atoms with E-state index in [-0.39, 0.29) is 47.6 Å². The Morgan fingerprint density at radius 2 is 1.57 bits per heavy atom. The molecule has 3 N–H and O–H groups in total. The first-order valence-electron chi connectivity index (χ1n) is 18.8. The summed E-state index contributed by atoms with van der Waals surface area (Å²) in [6.07, 6.45) is 2.01. The summed E-state index contributed by atoms with van der Waals surface area (Å²) in [5.41, 5.74) is 0.356. The standard InChI is InChI=1S/C40H65N5O8/c1-13-26(6)35(44(10)39(49)33(24(2)3)42-38(48)34(25(4)5)43(8)9)31(52-11)23-32(46)45-21-17-20-30(45)36(53-12)27(7)37(47)41-29(40(50)51)22-28-18-15-14-16-19-28/h14-16,18-19,22,24-27,30-31,33-36H,13,17,20-21,23H2,1-12H3,(H,41,47)(H,42,48)(H,50,51)/b29-22+/t26-,27+,30-,31+,33-,34-,35-,36+/m0/s1. The number of aliphatic carboxylic acids is 1. The lowest BCUT2D eigenvalue weighted by Crippen LogP contribution is -2.59. The lowest BCUT2D eigenvalue weighted by molar-refractivity contribution is -0.148. The molecule has 1 aromatic rings. The van der Waals surface area contributed by atoms with Crippen LogP contribution in [0.2, 0.25) is 0 Å². The molecule has 1 heterocycles. The van der Waals surface area contributed by atoms with Crippen LogP contribution in [0.15, 0.2) is 36.0 Å². The van der Waals surface area contributed by atoms with Gasteiger partial charge in [-0.15, -0.1) is 0 Å². The van der Waals surface area contributed by atoms with Gasteiger partial charge in [-0.25, -0.2) is 4.79 Å². The number of carboxylic acids is 1. The van der Waals surface area contributed by atoms with Gasteiger partial charge in [0.2, 0.25) is 23.6 Å². The Labute approximate surface area is 316 Å². The number of benzene rings is 1. The molecule has 1 fully saturated rings. The molecule has 0 saturated carbocycles. The maximum Gasteiger partial charge on any atom is 0.352 e. The lowest BCUT2D eigenvalue weighted by atomic mass is 9.89. The molecular formula is C40H65N5O8. The Hall–Kier alpha value is -3.81. The van der Waals surface area contributed by atoms with Gasteiger partial charge in [-0.2, -0.15) is 0 Å². The number of carbonyl (C=O) groups is 5. The first kappa shape index (κ1) is 45.3. The molecule has 13 nitrogen and oxygen atoms in total. The molecule has 1 saturated heterocycles. The summed E-state index contributed by atoms with van der Waals surface area (Å²) < 4.78 is 11.8. The van der Waals surface area contributed by atoms with Gasteiger partial charge in [-0.1, -0.05) is 85.2 Å². The summed E-state index contributed by atoms with van der Waals surface area (Å²) in [5, 5.41) is 15.4. The van der Waals surface area contributed by atoms with Gasteiger partial charge >= 0.3 is 5.97 Å². The van der Waals surface area contributed by atoms with Crippen molar-refractivity contribution in [2.75, 3.05) is 41.9 Å². The van der Waals surface area contributed by atoms with Crippen molar-refractivity contribution in [3.63, 3.8) is 0 Å². The summed E-state index contributed by atoms with van der Waals surface area (Å²) in [5.74, 6) is -3.49. The highest BCUT2D eigenvalue weighted by Gasteiger charge is 2.43. The fraction of sp³-hybridized carbons (Fsp3) is 0.675. The van der Waals surface area contributed by atoms with Crippen LogP contribution in [0, 0.1) is 23.7 Å². The van der Waals surface area contributed by atoms with E-state index in [0.29, 0.717) is 31.4 Å². The molecule has 0 bridgehead atoms. The van der Waals surface area contributed by atoms with Crippen molar-refractivity contribution >= 4 is 35.7 Å². The fourth-order valence-electron chi connectivity index (χ4n) is 7.53. The third-order valence-corrected chi connectivity index (χ3v) is 10.5. The minimum atomic E-state index is -1.28. The summed E-state index contributed by atoms with van der Waals surface area (Å²) in [4.78, 5) is 72.4. The number of nitrogens with one attached hydrogen (secondary N) is 2. The van der Waals surface area contributed by atoms with Crippen molar-refractivity contribution in [2.24, 2.45) is 23.7 Å². The third-order valence-electron chi connectivity index (χ3n) is 10.5. The predicted molar refractivity (Wildman–Crippen MR) is 205 cm³/mol. The molecule has 298 valence electrons. The molecule has 0 aliphatic carbocycles. The van der Waals surface area contributed by atoms with E-state index >= 15 is 0 Å². The summed E-state index contributed by atoms with van der Waals surface area (Å²) in [6.45, 7) is 13.9. The molecule has 0 unspecified atom stereocenters. The number of methoxy groups -OCH3 is 2. The van der Waals surface area contributed by atoms with Crippen LogP contribution in [0.5, 0.6) is 0 Å². The van der Waals surface area contributed by atoms with Crippen LogP contribution in [0.4, 0.5) is 0 Å². The average Bonchev–Trinajstić information content (AvgIpc) is 3.59. The normalized spacial score (nSPS) is 19.0. The van der Waals surface area contributed by atoms with Gasteiger partial charge in [0, 0.05) is 27.8 Å². The van der Waals surface area contributed by atoms with Gasteiger partial charge < -0.3 is 35.0 Å². The molecule has 2 rings (SSSR count). The van der Waals surface area contributed by atoms with Crippen LogP contribution in [0.25, 0.3) is 6.08 Å². The van der Waals surface area contributed by atoms with Crippen LogP contribution in [-0.2, 0) is 33.4 Å². The molecule has 0 spiro atoms. The molecule has 1 aliphatic heterocycles. The second kappa shape index (κ2) is 21.2. The molecule has 53 heavy (non-hydrogen) atoms. The van der Waals surface area contributed by atoms with Crippen molar-refractivity contribution in [3.8, 4) is 0 Å². The molecule has 8 atom stereocenters. The van der Waals surface area contributed by atoms with Gasteiger partial charge in [0.25, 0.3) is 0 Å². The first-order valence-corrected chi connectivity index (χ1v) is 18.8. The quantitative estimate of drug-likeness (QED) is 0.169. The van der Waals surface area contributed by atoms with Gasteiger partial charge in [-0.3, -0.25) is 24.1 Å². The van der Waals surface area contributed by atoms with Crippen molar-refractivity contribution in [1.29, 1.82) is 0 Å². The number of hydrogen-bond donors (Lipinski definition) is 3. The van der Waals surface area contributed by atoms with E-state index in [9.17, 15) is 29.1 Å². The van der Waals surface area contributed by atoms with Crippen molar-refractivity contribution in [1.82, 2.24) is 25.3 Å². The number of likely N-dealkylation sites (N-methyl/N-ethyl adjacent to an activating group) is 2. The Kier molecular flexibility index (Phi) is 18.1. The third kappa shape index (κ3) is 12.1. The molecule has 1 aromatic carbocycles. The topological polar surface area (TPSA) is 158 Å². The largest absolute Gasteiger partial charge is 0.477 e. The maximum absolute atomic E-state index is 14.2. The fourth-order valence-corrected chi connectivity index (χ4v) is 7.53. The van der Waals surface area contributed by atoms with Gasteiger partial charge in [0.15, 0.2) is 0 Å². The van der Waals surface area contributed by atoms with E-state index in [0.717, 1.165) is 0 Å². The zero-order valence-corrected chi connectivity index (χ0v) is 33.9. The molecule has 1 aliphatic rings. The molecule has 4 amide bonds. The van der Waals surface area contributed by atoms with Gasteiger partial charge in [-0.05, 0) is 56.3 Å². The lowest BCUT2D eigenvalue weighted by Gasteiger charge is -2.41. The Morgan fingerprint density at radius 3 is 2.06 bits per heavy atom. The number of carbonyl (C=O) groups excluding carboxylic acids is 4. The molecule has 0 radical (unpaired) electrons. The van der Waals surface area contributed by atoms with Crippen molar-refractivity contribution in [3.05, 3.63) is 41.6 Å². The minimum absolute atomic E-state index is 0.0195. The smallest absolute Gasteiger partial charge is 0.352 e. The monoisotopic (exact) mass is 743 g/mol. The zero-order valence-electron chi connectivity index (χ0n) is 33.9. The SMILES string of the molecule is CC[C@H](C)[C@@H]([C@@H](CC(=O)N1CCC[C@H]1[C@H](OC)[C@@H](C)C(=O)N/C(=C/c1ccccc1)C(=O)O)OC)N(C)C(=O)[C@@H](NC(=O)[C@H](C(C)C)N(C)C)C(C)C. The van der Waals surface area contributed by atoms with E-state index in [4.69, 9.17) is 9.47 Å². The van der Waals surface area contributed by atoms with E-state index in [1.165, 1.54) is 20.3 Å². The summed E-state index contributed by atoms with van der Waals surface area (Å²) in [6, 6.07) is 6.72. The van der Waals surface area contributed by atoms with E-state index in [1.807, 2.05) is 66.6 Å². The van der Waals surface area contributed by atoms with Crippen LogP contribution >= 0.6 is 0 Å². The number of carboxylic acid groups (broad SMARTS) is 1. The number of amides is 4. The van der Waals surface area contributed by atoms with Crippen LogP contribution in [-0.4, -0.2) is 128 Å². The van der Waals surface area contributed by atoms with Crippen LogP contribution < -0.4 is 10.6 Å². The highest BCUT2D eigenvalue weighted by molar-refractivity contribution is 5.97. The number of hydrogen-bond acceptors (Lipinski definition) is 8. The number of likely N-dealkylation sites (tertiary alicyclic amines) is 1. The van der Waals surface area contributed by atoms with E-state index < -0.39 is 54.2 Å². The van der Waals surface area contributed by atoms with Crippen LogP contribution in [0.3, 0.4) is 0 Å². The highest BCUT2D eigenvalue weighted by Crippen LogP contribution is 2.30. The van der Waals surface area contributed by atoms with Gasteiger partial charge in [0.1, 0.15) is 11.7 Å². The second-order valence-corrected chi connectivity index (χ2v) is 15.2. The van der Waals surface area contributed by atoms with Crippen LogP contribution in [0.1, 0.15) is 79.7 Å². The highest BCUT2D eigenvalue weighted by atomic mass is 16.5. The molecule has 13 heteroatoms. The maximum atomic E-state index is 14.2. The van der Waals surface area contributed by atoms with Crippen molar-refractivity contribution in [2.45, 2.75) is 111 Å². The Balaban J connectivity index is 2.30. The Bertz CT molecular complexity index is 1390. The zero-order chi connectivity index (χ0) is 40.2. The average molecular weight is 744 g/mol. The Morgan fingerprint density at radius 1 is 0.943 bits per heavy atom. The molecule has 0 aromatic heterocycles. The summed E-state index contributed by atoms with van der Waals surface area (Å²) in [7, 11) is 8.41. The second-order valence-electron chi connectivity index (χ2n) is 15.2. The number of nitrogens with zero attached hydrogens (tertiary/aromatic N) is 3. The van der Waals surface area contributed by atoms with E-state index in [2.05, 4.69) is 10.6 Å². The molecular weight excluding hydrogens is 678 g/mol. The number of ether oxygens (including phenoxy) is 2. The minimum Gasteiger partial charge on any atom is -0.477 e. The number of rotatable bonds is 20. The van der Waals surface area contributed by atoms with Crippen molar-refractivity contribution < 1.29 is 38.6 Å². The first-order chi connectivity index (χ1) is 24.9. The predicted octanol–water partition coefficient (Wildman–Crippen LogP) is 3.88.